The third kappa shape index (κ3) is 5.14. The summed E-state index contributed by atoms with van der Waals surface area (Å²) in [6, 6.07) is 0. The second kappa shape index (κ2) is 8.79. The fraction of sp³-hybridized carbons (Fsp3) is 0.909. The van der Waals surface area contributed by atoms with Crippen LogP contribution in [0.5, 0.6) is 0 Å². The molecule has 1 fully saturated rings. The van der Waals surface area contributed by atoms with E-state index in [9.17, 15) is 4.79 Å². The minimum atomic E-state index is 0. The van der Waals surface area contributed by atoms with E-state index in [0.717, 1.165) is 38.9 Å². The summed E-state index contributed by atoms with van der Waals surface area (Å²) >= 11 is 0. The highest BCUT2D eigenvalue weighted by Crippen LogP contribution is 2.16. The summed E-state index contributed by atoms with van der Waals surface area (Å²) in [5, 5.41) is 2.87. The van der Waals surface area contributed by atoms with Crippen molar-refractivity contribution in [3.05, 3.63) is 0 Å². The molecule has 1 unspecified atom stereocenters. The summed E-state index contributed by atoms with van der Waals surface area (Å²) in [5.74, 6) is 0.359. The topological polar surface area (TPSA) is 58.4 Å². The summed E-state index contributed by atoms with van der Waals surface area (Å²) in [6.45, 7) is 6.48. The predicted molar refractivity (Wildman–Crippen MR) is 68.8 cm³/mol. The molecule has 0 saturated carbocycles. The summed E-state index contributed by atoms with van der Waals surface area (Å²) in [6.07, 6.45) is 3.33. The van der Waals surface area contributed by atoms with Crippen LogP contribution in [0.4, 0.5) is 0 Å². The lowest BCUT2D eigenvalue weighted by Crippen LogP contribution is -2.44. The van der Waals surface area contributed by atoms with Crippen molar-refractivity contribution in [3.8, 4) is 0 Å². The first-order valence-electron chi connectivity index (χ1n) is 5.98. The number of piperidine rings is 1. The quantitative estimate of drug-likeness (QED) is 0.751. The second-order valence-electron chi connectivity index (χ2n) is 4.22. The van der Waals surface area contributed by atoms with Crippen LogP contribution in [0.2, 0.25) is 0 Å². The number of carbonyl (C=O) groups is 1. The molecule has 1 amide bonds. The molecular formula is C11H24ClN3O. The van der Waals surface area contributed by atoms with E-state index in [0.29, 0.717) is 13.1 Å². The SMILES string of the molecule is CCCN1CCCC(C(=O)NCCN)C1.Cl. The van der Waals surface area contributed by atoms with Gasteiger partial charge in [0.05, 0.1) is 5.92 Å². The van der Waals surface area contributed by atoms with E-state index in [1.165, 1.54) is 0 Å². The first-order chi connectivity index (χ1) is 7.27. The fourth-order valence-electron chi connectivity index (χ4n) is 2.13. The molecule has 1 rings (SSSR count). The number of hydrogen-bond acceptors (Lipinski definition) is 3. The highest BCUT2D eigenvalue weighted by Gasteiger charge is 2.24. The average Bonchev–Trinajstić information content (AvgIpc) is 2.27. The highest BCUT2D eigenvalue weighted by atomic mass is 35.5. The normalized spacial score (nSPS) is 21.2. The molecule has 0 aromatic heterocycles. The van der Waals surface area contributed by atoms with Gasteiger partial charge in [-0.25, -0.2) is 0 Å². The van der Waals surface area contributed by atoms with Gasteiger partial charge in [-0.2, -0.15) is 0 Å². The maximum atomic E-state index is 11.7. The second-order valence-corrected chi connectivity index (χ2v) is 4.22. The van der Waals surface area contributed by atoms with Crippen molar-refractivity contribution in [3.63, 3.8) is 0 Å². The maximum absolute atomic E-state index is 11.7. The molecule has 0 aromatic rings. The lowest BCUT2D eigenvalue weighted by molar-refractivity contribution is -0.126. The molecule has 96 valence electrons. The third-order valence-electron chi connectivity index (χ3n) is 2.86. The number of rotatable bonds is 5. The van der Waals surface area contributed by atoms with Gasteiger partial charge in [0.2, 0.25) is 5.91 Å². The smallest absolute Gasteiger partial charge is 0.224 e. The number of nitrogens with one attached hydrogen (secondary N) is 1. The van der Waals surface area contributed by atoms with E-state index in [-0.39, 0.29) is 24.2 Å². The highest BCUT2D eigenvalue weighted by molar-refractivity contribution is 5.85. The molecule has 0 radical (unpaired) electrons. The largest absolute Gasteiger partial charge is 0.355 e. The summed E-state index contributed by atoms with van der Waals surface area (Å²) in [4.78, 5) is 14.1. The molecule has 0 aliphatic carbocycles. The molecule has 0 aromatic carbocycles. The van der Waals surface area contributed by atoms with Gasteiger partial charge in [-0.1, -0.05) is 6.92 Å². The Morgan fingerprint density at radius 2 is 2.31 bits per heavy atom. The zero-order chi connectivity index (χ0) is 11.1. The standard InChI is InChI=1S/C11H23N3O.ClH/c1-2-7-14-8-3-4-10(9-14)11(15)13-6-5-12;/h10H,2-9,12H2,1H3,(H,13,15);1H. The first-order valence-corrected chi connectivity index (χ1v) is 5.98. The molecule has 0 spiro atoms. The molecule has 3 N–H and O–H groups in total. The molecule has 1 atom stereocenters. The number of nitrogens with zero attached hydrogens (tertiary/aromatic N) is 1. The zero-order valence-corrected chi connectivity index (χ0v) is 10.9. The van der Waals surface area contributed by atoms with Crippen LogP contribution in [0.25, 0.3) is 0 Å². The van der Waals surface area contributed by atoms with Crippen LogP contribution in [0.15, 0.2) is 0 Å². The first kappa shape index (κ1) is 15.7. The van der Waals surface area contributed by atoms with Gasteiger partial charge in [0.1, 0.15) is 0 Å². The Hall–Kier alpha value is -0.320. The van der Waals surface area contributed by atoms with E-state index >= 15 is 0 Å². The summed E-state index contributed by atoms with van der Waals surface area (Å²) in [7, 11) is 0. The molecule has 1 aliphatic heterocycles. The van der Waals surface area contributed by atoms with Gasteiger partial charge < -0.3 is 16.0 Å². The molecule has 0 bridgehead atoms. The van der Waals surface area contributed by atoms with Crippen molar-refractivity contribution in [1.29, 1.82) is 0 Å². The molecular weight excluding hydrogens is 226 g/mol. The van der Waals surface area contributed by atoms with Crippen molar-refractivity contribution in [2.75, 3.05) is 32.7 Å². The average molecular weight is 250 g/mol. The monoisotopic (exact) mass is 249 g/mol. The lowest BCUT2D eigenvalue weighted by Gasteiger charge is -2.31. The van der Waals surface area contributed by atoms with Crippen molar-refractivity contribution in [2.45, 2.75) is 26.2 Å². The van der Waals surface area contributed by atoms with Gasteiger partial charge in [0, 0.05) is 19.6 Å². The third-order valence-corrected chi connectivity index (χ3v) is 2.86. The lowest BCUT2D eigenvalue weighted by atomic mass is 9.97. The number of halogens is 1. The van der Waals surface area contributed by atoms with Crippen LogP contribution >= 0.6 is 12.4 Å². The van der Waals surface area contributed by atoms with Gasteiger partial charge in [-0.3, -0.25) is 4.79 Å². The van der Waals surface area contributed by atoms with E-state index in [4.69, 9.17) is 5.73 Å². The fourth-order valence-corrected chi connectivity index (χ4v) is 2.13. The van der Waals surface area contributed by atoms with Gasteiger partial charge >= 0.3 is 0 Å². The van der Waals surface area contributed by atoms with Gasteiger partial charge in [-0.15, -0.1) is 12.4 Å². The van der Waals surface area contributed by atoms with Gasteiger partial charge in [0.25, 0.3) is 0 Å². The number of likely N-dealkylation sites (tertiary alicyclic amines) is 1. The Kier molecular flexibility index (Phi) is 8.61. The van der Waals surface area contributed by atoms with Crippen molar-refractivity contribution in [1.82, 2.24) is 10.2 Å². The van der Waals surface area contributed by atoms with E-state index in [1.807, 2.05) is 0 Å². The number of amides is 1. The van der Waals surface area contributed by atoms with Crippen LogP contribution in [0, 0.1) is 5.92 Å². The van der Waals surface area contributed by atoms with E-state index in [1.54, 1.807) is 0 Å². The molecule has 16 heavy (non-hydrogen) atoms. The van der Waals surface area contributed by atoms with Gasteiger partial charge in [0.15, 0.2) is 0 Å². The van der Waals surface area contributed by atoms with Crippen molar-refractivity contribution < 1.29 is 4.79 Å². The van der Waals surface area contributed by atoms with Gasteiger partial charge in [-0.05, 0) is 32.4 Å². The molecule has 5 heteroatoms. The number of hydrogen-bond donors (Lipinski definition) is 2. The Morgan fingerprint density at radius 1 is 1.56 bits per heavy atom. The van der Waals surface area contributed by atoms with E-state index in [2.05, 4.69) is 17.1 Å². The minimum Gasteiger partial charge on any atom is -0.355 e. The van der Waals surface area contributed by atoms with Crippen molar-refractivity contribution >= 4 is 18.3 Å². The van der Waals surface area contributed by atoms with Crippen LogP contribution in [-0.2, 0) is 4.79 Å². The molecule has 1 aliphatic rings. The van der Waals surface area contributed by atoms with Crippen LogP contribution in [-0.4, -0.2) is 43.5 Å². The van der Waals surface area contributed by atoms with Crippen LogP contribution in [0.3, 0.4) is 0 Å². The molecule has 1 saturated heterocycles. The summed E-state index contributed by atoms with van der Waals surface area (Å²) in [5.41, 5.74) is 5.36. The number of carbonyl (C=O) groups excluding carboxylic acids is 1. The van der Waals surface area contributed by atoms with Crippen molar-refractivity contribution in [2.24, 2.45) is 11.7 Å². The summed E-state index contributed by atoms with van der Waals surface area (Å²) < 4.78 is 0. The van der Waals surface area contributed by atoms with Crippen LogP contribution < -0.4 is 11.1 Å². The molecule has 1 heterocycles. The zero-order valence-electron chi connectivity index (χ0n) is 10.1. The predicted octanol–water partition coefficient (Wildman–Crippen LogP) is 0.605. The molecule has 4 nitrogen and oxygen atoms in total. The number of nitrogens with two attached hydrogens (primary N) is 1. The minimum absolute atomic E-state index is 0. The Morgan fingerprint density at radius 3 is 2.94 bits per heavy atom. The van der Waals surface area contributed by atoms with E-state index < -0.39 is 0 Å². The Labute approximate surface area is 104 Å². The maximum Gasteiger partial charge on any atom is 0.224 e. The van der Waals surface area contributed by atoms with Crippen LogP contribution in [0.1, 0.15) is 26.2 Å². The Bertz CT molecular complexity index is 200. The Balaban J connectivity index is 0.00000225.